The second-order valence-corrected chi connectivity index (χ2v) is 2.72. The predicted molar refractivity (Wildman–Crippen MR) is 40.1 cm³/mol. The van der Waals surface area contributed by atoms with Gasteiger partial charge in [-0.25, -0.2) is 0 Å². The molecule has 1 aromatic rings. The lowest BCUT2D eigenvalue weighted by atomic mass is 10.2. The van der Waals surface area contributed by atoms with E-state index in [1.807, 2.05) is 6.07 Å². The van der Waals surface area contributed by atoms with Crippen LogP contribution in [0, 0.1) is 18.3 Å². The molecule has 56 valence electrons. The number of nitriles is 1. The Morgan fingerprint density at radius 3 is 2.82 bits per heavy atom. The van der Waals surface area contributed by atoms with Crippen LogP contribution in [0.2, 0.25) is 0 Å². The molecule has 0 radical (unpaired) electrons. The van der Waals surface area contributed by atoms with E-state index >= 15 is 0 Å². The van der Waals surface area contributed by atoms with Crippen LogP contribution in [0.25, 0.3) is 0 Å². The molecule has 1 heterocycles. The molecule has 1 amide bonds. The average Bonchev–Trinajstić information content (AvgIpc) is 2.30. The van der Waals surface area contributed by atoms with Crippen LogP contribution in [-0.4, -0.2) is 10.3 Å². The number of amides is 1. The fraction of sp³-hybridized carbons (Fsp3) is 0.167. The lowest BCUT2D eigenvalue weighted by Gasteiger charge is -1.86. The van der Waals surface area contributed by atoms with E-state index in [9.17, 15) is 4.79 Å². The van der Waals surface area contributed by atoms with Crippen molar-refractivity contribution in [3.63, 3.8) is 0 Å². The highest BCUT2D eigenvalue weighted by Crippen LogP contribution is 2.15. The molecule has 0 spiro atoms. The van der Waals surface area contributed by atoms with Crippen molar-refractivity contribution < 1.29 is 4.79 Å². The lowest BCUT2D eigenvalue weighted by Crippen LogP contribution is -2.10. The molecule has 0 saturated heterocycles. The summed E-state index contributed by atoms with van der Waals surface area (Å²) in [5, 5.41) is 8.55. The van der Waals surface area contributed by atoms with E-state index in [-0.39, 0.29) is 4.88 Å². The van der Waals surface area contributed by atoms with Gasteiger partial charge in [0.2, 0.25) is 0 Å². The fourth-order valence-electron chi connectivity index (χ4n) is 0.670. The van der Waals surface area contributed by atoms with Crippen LogP contribution in [0.3, 0.4) is 0 Å². The van der Waals surface area contributed by atoms with Crippen LogP contribution < -0.4 is 5.73 Å². The van der Waals surface area contributed by atoms with E-state index in [4.69, 9.17) is 11.0 Å². The summed E-state index contributed by atoms with van der Waals surface area (Å²) in [5.74, 6) is -0.591. The Balaban J connectivity index is 3.30. The molecule has 0 fully saturated rings. The van der Waals surface area contributed by atoms with Gasteiger partial charge in [0, 0.05) is 0 Å². The maximum Gasteiger partial charge on any atom is 0.261 e. The van der Waals surface area contributed by atoms with E-state index in [0.29, 0.717) is 11.3 Å². The summed E-state index contributed by atoms with van der Waals surface area (Å²) < 4.78 is 3.83. The quantitative estimate of drug-likeness (QED) is 0.658. The Morgan fingerprint density at radius 1 is 1.82 bits per heavy atom. The van der Waals surface area contributed by atoms with Crippen LogP contribution in [0.1, 0.15) is 20.9 Å². The fourth-order valence-corrected chi connectivity index (χ4v) is 1.36. The molecule has 0 saturated carbocycles. The van der Waals surface area contributed by atoms with E-state index in [2.05, 4.69) is 4.37 Å². The Labute approximate surface area is 67.4 Å². The van der Waals surface area contributed by atoms with Crippen LogP contribution in [0.15, 0.2) is 0 Å². The predicted octanol–water partition coefficient (Wildman–Crippen LogP) is 0.422. The van der Waals surface area contributed by atoms with Crippen molar-refractivity contribution in [3.05, 3.63) is 16.1 Å². The van der Waals surface area contributed by atoms with Crippen molar-refractivity contribution in [1.82, 2.24) is 4.37 Å². The summed E-state index contributed by atoms with van der Waals surface area (Å²) in [7, 11) is 0. The van der Waals surface area contributed by atoms with Gasteiger partial charge in [0.05, 0.1) is 11.3 Å². The van der Waals surface area contributed by atoms with Crippen LogP contribution in [0.4, 0.5) is 0 Å². The zero-order chi connectivity index (χ0) is 8.43. The molecule has 0 aliphatic rings. The number of nitrogens with zero attached hydrogens (tertiary/aromatic N) is 2. The molecular formula is C6H5N3OS. The molecule has 1 aromatic heterocycles. The van der Waals surface area contributed by atoms with Gasteiger partial charge in [0.15, 0.2) is 0 Å². The van der Waals surface area contributed by atoms with E-state index in [1.54, 1.807) is 6.92 Å². The molecule has 1 rings (SSSR count). The highest BCUT2D eigenvalue weighted by atomic mass is 32.1. The number of hydrogen-bond donors (Lipinski definition) is 1. The Hall–Kier alpha value is -1.41. The monoisotopic (exact) mass is 167 g/mol. The third kappa shape index (κ3) is 1.21. The second kappa shape index (κ2) is 2.68. The molecule has 11 heavy (non-hydrogen) atoms. The molecular weight excluding hydrogens is 162 g/mol. The number of nitrogens with two attached hydrogens (primary N) is 1. The van der Waals surface area contributed by atoms with Crippen molar-refractivity contribution in [2.75, 3.05) is 0 Å². The number of primary amides is 1. The minimum Gasteiger partial charge on any atom is -0.365 e. The minimum atomic E-state index is -0.591. The third-order valence-electron chi connectivity index (χ3n) is 1.20. The highest BCUT2D eigenvalue weighted by molar-refractivity contribution is 7.08. The molecule has 2 N–H and O–H groups in total. The summed E-state index contributed by atoms with van der Waals surface area (Å²) in [6.07, 6.45) is 0. The molecule has 0 bridgehead atoms. The first-order valence-corrected chi connectivity index (χ1v) is 3.60. The van der Waals surface area contributed by atoms with Crippen LogP contribution >= 0.6 is 11.5 Å². The summed E-state index contributed by atoms with van der Waals surface area (Å²) in [5.41, 5.74) is 5.84. The van der Waals surface area contributed by atoms with Gasteiger partial charge in [0.25, 0.3) is 5.91 Å². The van der Waals surface area contributed by atoms with Crippen molar-refractivity contribution in [2.45, 2.75) is 6.92 Å². The van der Waals surface area contributed by atoms with E-state index < -0.39 is 5.91 Å². The number of hydrogen-bond acceptors (Lipinski definition) is 4. The summed E-state index contributed by atoms with van der Waals surface area (Å²) in [4.78, 5) is 10.9. The van der Waals surface area contributed by atoms with Crippen LogP contribution in [-0.2, 0) is 0 Å². The maximum atomic E-state index is 10.6. The van der Waals surface area contributed by atoms with Gasteiger partial charge < -0.3 is 5.73 Å². The molecule has 5 heteroatoms. The molecule has 0 aromatic carbocycles. The number of aromatic nitrogens is 1. The van der Waals surface area contributed by atoms with Crippen molar-refractivity contribution in [1.29, 1.82) is 5.26 Å². The molecule has 0 aliphatic carbocycles. The summed E-state index contributed by atoms with van der Waals surface area (Å²) >= 11 is 0.962. The minimum absolute atomic E-state index is 0.241. The SMILES string of the molecule is Cc1nsc(C(N)=O)c1C#N. The Kier molecular flexibility index (Phi) is 1.87. The number of carbonyl (C=O) groups excluding carboxylic acids is 1. The Bertz CT molecular complexity index is 336. The maximum absolute atomic E-state index is 10.6. The number of carbonyl (C=O) groups is 1. The zero-order valence-electron chi connectivity index (χ0n) is 5.79. The zero-order valence-corrected chi connectivity index (χ0v) is 6.60. The van der Waals surface area contributed by atoms with Gasteiger partial charge in [-0.3, -0.25) is 4.79 Å². The van der Waals surface area contributed by atoms with Crippen molar-refractivity contribution >= 4 is 17.4 Å². The molecule has 0 atom stereocenters. The van der Waals surface area contributed by atoms with Gasteiger partial charge in [-0.1, -0.05) is 0 Å². The van der Waals surface area contributed by atoms with Crippen LogP contribution in [0.5, 0.6) is 0 Å². The van der Waals surface area contributed by atoms with E-state index in [0.717, 1.165) is 11.5 Å². The molecule has 4 nitrogen and oxygen atoms in total. The van der Waals surface area contributed by atoms with Crippen molar-refractivity contribution in [3.8, 4) is 6.07 Å². The standard InChI is InChI=1S/C6H5N3OS/c1-3-4(2-7)5(6(8)10)11-9-3/h1H3,(H2,8,10). The normalized spacial score (nSPS) is 9.09. The van der Waals surface area contributed by atoms with Gasteiger partial charge in [-0.15, -0.1) is 0 Å². The second-order valence-electron chi connectivity index (χ2n) is 1.95. The largest absolute Gasteiger partial charge is 0.365 e. The lowest BCUT2D eigenvalue weighted by molar-refractivity contribution is 0.100. The first kappa shape index (κ1) is 7.69. The van der Waals surface area contributed by atoms with Gasteiger partial charge in [0.1, 0.15) is 10.9 Å². The van der Waals surface area contributed by atoms with E-state index in [1.165, 1.54) is 0 Å². The molecule has 0 aliphatic heterocycles. The first-order chi connectivity index (χ1) is 5.16. The average molecular weight is 167 g/mol. The van der Waals surface area contributed by atoms with Crippen molar-refractivity contribution in [2.24, 2.45) is 5.73 Å². The summed E-state index contributed by atoms with van der Waals surface area (Å²) in [6, 6.07) is 1.87. The molecule has 0 unspecified atom stereocenters. The smallest absolute Gasteiger partial charge is 0.261 e. The number of aryl methyl sites for hydroxylation is 1. The Morgan fingerprint density at radius 2 is 2.45 bits per heavy atom. The summed E-state index contributed by atoms with van der Waals surface area (Å²) in [6.45, 7) is 1.67. The number of rotatable bonds is 1. The first-order valence-electron chi connectivity index (χ1n) is 2.83. The van der Waals surface area contributed by atoms with Gasteiger partial charge in [-0.05, 0) is 18.5 Å². The topological polar surface area (TPSA) is 79.8 Å². The van der Waals surface area contributed by atoms with Gasteiger partial charge >= 0.3 is 0 Å². The van der Waals surface area contributed by atoms with Gasteiger partial charge in [-0.2, -0.15) is 9.64 Å². The highest BCUT2D eigenvalue weighted by Gasteiger charge is 2.13. The third-order valence-corrected chi connectivity index (χ3v) is 2.15.